The Morgan fingerprint density at radius 2 is 1.96 bits per heavy atom. The molecule has 2 aromatic rings. The van der Waals surface area contributed by atoms with Gasteiger partial charge in [-0.15, -0.1) is 11.8 Å². The summed E-state index contributed by atoms with van der Waals surface area (Å²) < 4.78 is 10.8. The summed E-state index contributed by atoms with van der Waals surface area (Å²) in [6.07, 6.45) is 0.981. The van der Waals surface area contributed by atoms with Gasteiger partial charge in [0, 0.05) is 23.5 Å². The van der Waals surface area contributed by atoms with Gasteiger partial charge in [-0.2, -0.15) is 0 Å². The van der Waals surface area contributed by atoms with E-state index in [-0.39, 0.29) is 11.4 Å². The van der Waals surface area contributed by atoms with Crippen LogP contribution in [-0.2, 0) is 6.42 Å². The maximum atomic E-state index is 12.8. The normalized spacial score (nSPS) is 16.4. The van der Waals surface area contributed by atoms with Crippen LogP contribution in [0.4, 0.5) is 10.5 Å². The molecule has 0 aromatic heterocycles. The van der Waals surface area contributed by atoms with E-state index in [2.05, 4.69) is 12.2 Å². The number of urea groups is 1. The quantitative estimate of drug-likeness (QED) is 0.837. The third kappa shape index (κ3) is 3.90. The number of methoxy groups -OCH3 is 2. The molecule has 1 aliphatic heterocycles. The molecule has 1 atom stereocenters. The lowest BCUT2D eigenvalue weighted by atomic mass is 10.1. The number of nitrogens with zero attached hydrogens (tertiary/aromatic N) is 1. The summed E-state index contributed by atoms with van der Waals surface area (Å²) >= 11 is 1.73. The molecule has 5 nitrogen and oxygen atoms in total. The molecule has 0 spiro atoms. The van der Waals surface area contributed by atoms with Crippen LogP contribution in [0.15, 0.2) is 42.5 Å². The van der Waals surface area contributed by atoms with Crippen LogP contribution in [0.2, 0.25) is 0 Å². The number of hydrogen-bond donors (Lipinski definition) is 1. The van der Waals surface area contributed by atoms with E-state index in [0.29, 0.717) is 6.54 Å². The molecule has 1 N–H and O–H groups in total. The number of carbonyl (C=O) groups is 1. The molecule has 0 unspecified atom stereocenters. The van der Waals surface area contributed by atoms with Crippen molar-refractivity contribution < 1.29 is 14.3 Å². The Kier molecular flexibility index (Phi) is 5.93. The van der Waals surface area contributed by atoms with Gasteiger partial charge in [-0.3, -0.25) is 0 Å². The van der Waals surface area contributed by atoms with E-state index in [1.54, 1.807) is 26.0 Å². The van der Waals surface area contributed by atoms with Crippen LogP contribution in [0, 0.1) is 0 Å². The number of rotatable bonds is 5. The fourth-order valence-electron chi connectivity index (χ4n) is 2.99. The van der Waals surface area contributed by atoms with Gasteiger partial charge in [0.2, 0.25) is 0 Å². The topological polar surface area (TPSA) is 50.8 Å². The van der Waals surface area contributed by atoms with Crippen molar-refractivity contribution in [3.8, 4) is 11.5 Å². The zero-order valence-electron chi connectivity index (χ0n) is 15.3. The molecular formula is C20H24N2O3S. The standard InChI is InChI=1S/C20H24N2O3S/c1-4-14-5-7-15(8-6-14)21-20(23)22-11-12-26-19(22)17-13-16(24-2)9-10-18(17)25-3/h5-10,13,19H,4,11-12H2,1-3H3,(H,21,23)/t19-/m0/s1. The first-order valence-corrected chi connectivity index (χ1v) is 9.71. The van der Waals surface area contributed by atoms with Crippen molar-refractivity contribution >= 4 is 23.5 Å². The Hall–Kier alpha value is -2.34. The minimum absolute atomic E-state index is 0.102. The van der Waals surface area contributed by atoms with Crippen LogP contribution < -0.4 is 14.8 Å². The van der Waals surface area contributed by atoms with E-state index in [9.17, 15) is 4.79 Å². The fraction of sp³-hybridized carbons (Fsp3) is 0.350. The molecule has 1 saturated heterocycles. The van der Waals surface area contributed by atoms with Crippen molar-refractivity contribution in [1.29, 1.82) is 0 Å². The Labute approximate surface area is 158 Å². The highest BCUT2D eigenvalue weighted by Gasteiger charge is 2.33. The molecule has 26 heavy (non-hydrogen) atoms. The van der Waals surface area contributed by atoms with Crippen molar-refractivity contribution in [2.45, 2.75) is 18.7 Å². The molecule has 2 amide bonds. The predicted molar refractivity (Wildman–Crippen MR) is 106 cm³/mol. The number of hydrogen-bond acceptors (Lipinski definition) is 4. The second-order valence-electron chi connectivity index (χ2n) is 6.01. The van der Waals surface area contributed by atoms with Crippen molar-refractivity contribution in [2.75, 3.05) is 31.8 Å². The van der Waals surface area contributed by atoms with Crippen molar-refractivity contribution in [3.63, 3.8) is 0 Å². The van der Waals surface area contributed by atoms with E-state index in [0.717, 1.165) is 34.9 Å². The van der Waals surface area contributed by atoms with Gasteiger partial charge < -0.3 is 19.7 Å². The highest BCUT2D eigenvalue weighted by Crippen LogP contribution is 2.43. The van der Waals surface area contributed by atoms with Crippen LogP contribution in [-0.4, -0.2) is 37.4 Å². The Balaban J connectivity index is 1.80. The number of amides is 2. The number of ether oxygens (including phenoxy) is 2. The Morgan fingerprint density at radius 3 is 2.62 bits per heavy atom. The fourth-order valence-corrected chi connectivity index (χ4v) is 4.26. The van der Waals surface area contributed by atoms with Crippen LogP contribution in [0.25, 0.3) is 0 Å². The number of anilines is 1. The average molecular weight is 372 g/mol. The van der Waals surface area contributed by atoms with Crippen molar-refractivity contribution in [2.24, 2.45) is 0 Å². The maximum Gasteiger partial charge on any atom is 0.323 e. The van der Waals surface area contributed by atoms with Gasteiger partial charge in [-0.1, -0.05) is 19.1 Å². The SMILES string of the molecule is CCc1ccc(NC(=O)N2CCS[C@H]2c2cc(OC)ccc2OC)cc1. The van der Waals surface area contributed by atoms with Crippen LogP contribution in [0.1, 0.15) is 23.4 Å². The minimum atomic E-state index is -0.103. The predicted octanol–water partition coefficient (Wildman–Crippen LogP) is 4.55. The van der Waals surface area contributed by atoms with Gasteiger partial charge >= 0.3 is 6.03 Å². The summed E-state index contributed by atoms with van der Waals surface area (Å²) in [5.41, 5.74) is 3.00. The highest BCUT2D eigenvalue weighted by atomic mass is 32.2. The van der Waals surface area contributed by atoms with Crippen molar-refractivity contribution in [1.82, 2.24) is 4.90 Å². The molecule has 6 heteroatoms. The van der Waals surface area contributed by atoms with Gasteiger partial charge in [0.05, 0.1) is 14.2 Å². The number of thioether (sulfide) groups is 1. The minimum Gasteiger partial charge on any atom is -0.497 e. The number of aryl methyl sites for hydroxylation is 1. The lowest BCUT2D eigenvalue weighted by Crippen LogP contribution is -2.34. The van der Waals surface area contributed by atoms with E-state index in [1.807, 2.05) is 47.4 Å². The molecule has 0 saturated carbocycles. The number of benzene rings is 2. The van der Waals surface area contributed by atoms with E-state index >= 15 is 0 Å². The average Bonchev–Trinajstić information content (AvgIpc) is 3.18. The first-order valence-electron chi connectivity index (χ1n) is 8.66. The lowest BCUT2D eigenvalue weighted by Gasteiger charge is -2.26. The Bertz CT molecular complexity index is 764. The monoisotopic (exact) mass is 372 g/mol. The summed E-state index contributed by atoms with van der Waals surface area (Å²) in [5.74, 6) is 2.40. The molecule has 1 heterocycles. The second-order valence-corrected chi connectivity index (χ2v) is 7.19. The highest BCUT2D eigenvalue weighted by molar-refractivity contribution is 7.99. The smallest absolute Gasteiger partial charge is 0.323 e. The molecule has 0 aliphatic carbocycles. The summed E-state index contributed by atoms with van der Waals surface area (Å²) in [5, 5.41) is 2.90. The summed E-state index contributed by atoms with van der Waals surface area (Å²) in [7, 11) is 3.28. The first-order chi connectivity index (χ1) is 12.7. The van der Waals surface area contributed by atoms with E-state index < -0.39 is 0 Å². The molecule has 138 valence electrons. The zero-order chi connectivity index (χ0) is 18.5. The first kappa shape index (κ1) is 18.5. The molecular weight excluding hydrogens is 348 g/mol. The van der Waals surface area contributed by atoms with Crippen molar-refractivity contribution in [3.05, 3.63) is 53.6 Å². The third-order valence-corrected chi connectivity index (χ3v) is 5.71. The van der Waals surface area contributed by atoms with Gasteiger partial charge in [0.25, 0.3) is 0 Å². The molecule has 2 aromatic carbocycles. The largest absolute Gasteiger partial charge is 0.497 e. The van der Waals surface area contributed by atoms with Crippen LogP contribution >= 0.6 is 11.8 Å². The summed E-state index contributed by atoms with van der Waals surface area (Å²) in [4.78, 5) is 14.7. The number of carbonyl (C=O) groups excluding carboxylic acids is 1. The molecule has 1 fully saturated rings. The van der Waals surface area contributed by atoms with E-state index in [4.69, 9.17) is 9.47 Å². The Morgan fingerprint density at radius 1 is 1.19 bits per heavy atom. The molecule has 3 rings (SSSR count). The van der Waals surface area contributed by atoms with E-state index in [1.165, 1.54) is 5.56 Å². The summed E-state index contributed by atoms with van der Waals surface area (Å²) in [6, 6.07) is 13.6. The van der Waals surface area contributed by atoms with Gasteiger partial charge in [0.15, 0.2) is 0 Å². The molecule has 1 aliphatic rings. The van der Waals surface area contributed by atoms with Gasteiger partial charge in [-0.25, -0.2) is 4.79 Å². The molecule has 0 radical (unpaired) electrons. The third-order valence-electron chi connectivity index (χ3n) is 4.47. The van der Waals surface area contributed by atoms with Crippen LogP contribution in [0.5, 0.6) is 11.5 Å². The maximum absolute atomic E-state index is 12.8. The zero-order valence-corrected chi connectivity index (χ0v) is 16.1. The van der Waals surface area contributed by atoms with Gasteiger partial charge in [0.1, 0.15) is 16.9 Å². The lowest BCUT2D eigenvalue weighted by molar-refractivity contribution is 0.213. The van der Waals surface area contributed by atoms with Crippen LogP contribution in [0.3, 0.4) is 0 Å². The van der Waals surface area contributed by atoms with Gasteiger partial charge in [-0.05, 0) is 42.3 Å². The second kappa shape index (κ2) is 8.36. The molecule has 0 bridgehead atoms. The number of nitrogens with one attached hydrogen (secondary N) is 1. The summed E-state index contributed by atoms with van der Waals surface area (Å²) in [6.45, 7) is 2.80.